The van der Waals surface area contributed by atoms with Gasteiger partial charge in [-0.2, -0.15) is 0 Å². The highest BCUT2D eigenvalue weighted by molar-refractivity contribution is 6.30. The van der Waals surface area contributed by atoms with Gasteiger partial charge in [0.05, 0.1) is 7.11 Å². The molecule has 0 N–H and O–H groups in total. The van der Waals surface area contributed by atoms with Crippen molar-refractivity contribution in [3.63, 3.8) is 0 Å². The minimum atomic E-state index is 0.780. The SMILES string of the molecule is COc1c(C)cc(Cl)cc1CCN(C)C. The maximum Gasteiger partial charge on any atom is 0.125 e. The van der Waals surface area contributed by atoms with Gasteiger partial charge in [0.2, 0.25) is 0 Å². The van der Waals surface area contributed by atoms with Crippen LogP contribution in [0.3, 0.4) is 0 Å². The summed E-state index contributed by atoms with van der Waals surface area (Å²) in [6.07, 6.45) is 0.956. The highest BCUT2D eigenvalue weighted by atomic mass is 35.5. The lowest BCUT2D eigenvalue weighted by Crippen LogP contribution is -2.15. The number of nitrogens with zero attached hydrogens (tertiary/aromatic N) is 1. The first kappa shape index (κ1) is 12.3. The van der Waals surface area contributed by atoms with Crippen molar-refractivity contribution in [1.82, 2.24) is 4.90 Å². The third kappa shape index (κ3) is 3.40. The van der Waals surface area contributed by atoms with E-state index in [4.69, 9.17) is 16.3 Å². The molecular weight excluding hydrogens is 210 g/mol. The van der Waals surface area contributed by atoms with Crippen molar-refractivity contribution in [2.75, 3.05) is 27.7 Å². The number of methoxy groups -OCH3 is 1. The molecule has 1 aromatic carbocycles. The minimum absolute atomic E-state index is 0.780. The molecule has 0 aliphatic rings. The zero-order chi connectivity index (χ0) is 11.4. The number of aryl methyl sites for hydroxylation is 1. The van der Waals surface area contributed by atoms with Crippen LogP contribution in [0.15, 0.2) is 12.1 Å². The van der Waals surface area contributed by atoms with Gasteiger partial charge >= 0.3 is 0 Å². The fourth-order valence-corrected chi connectivity index (χ4v) is 1.92. The summed E-state index contributed by atoms with van der Waals surface area (Å²) in [7, 11) is 5.82. The molecule has 1 rings (SSSR count). The van der Waals surface area contributed by atoms with Gasteiger partial charge < -0.3 is 9.64 Å². The highest BCUT2D eigenvalue weighted by Gasteiger charge is 2.08. The molecule has 0 aliphatic carbocycles. The molecule has 0 fully saturated rings. The first-order chi connectivity index (χ1) is 7.04. The highest BCUT2D eigenvalue weighted by Crippen LogP contribution is 2.27. The van der Waals surface area contributed by atoms with Crippen molar-refractivity contribution in [2.24, 2.45) is 0 Å². The van der Waals surface area contributed by atoms with Crippen LogP contribution in [-0.2, 0) is 6.42 Å². The average Bonchev–Trinajstić information content (AvgIpc) is 2.13. The normalized spacial score (nSPS) is 10.8. The van der Waals surface area contributed by atoms with Gasteiger partial charge in [-0.1, -0.05) is 11.6 Å². The second kappa shape index (κ2) is 5.38. The quantitative estimate of drug-likeness (QED) is 0.785. The molecule has 0 saturated heterocycles. The van der Waals surface area contributed by atoms with Crippen LogP contribution in [0.5, 0.6) is 5.75 Å². The second-order valence-electron chi connectivity index (χ2n) is 3.97. The van der Waals surface area contributed by atoms with Crippen LogP contribution in [-0.4, -0.2) is 32.6 Å². The molecule has 1 aromatic rings. The fourth-order valence-electron chi connectivity index (χ4n) is 1.62. The van der Waals surface area contributed by atoms with Crippen LogP contribution < -0.4 is 4.74 Å². The number of hydrogen-bond donors (Lipinski definition) is 0. The second-order valence-corrected chi connectivity index (χ2v) is 4.40. The third-order valence-corrected chi connectivity index (χ3v) is 2.57. The molecule has 0 radical (unpaired) electrons. The van der Waals surface area contributed by atoms with Crippen LogP contribution in [0.25, 0.3) is 0 Å². The molecule has 0 saturated carbocycles. The fraction of sp³-hybridized carbons (Fsp3) is 0.500. The summed E-state index contributed by atoms with van der Waals surface area (Å²) < 4.78 is 5.39. The zero-order valence-electron chi connectivity index (χ0n) is 9.80. The summed E-state index contributed by atoms with van der Waals surface area (Å²) in [5.41, 5.74) is 2.27. The van der Waals surface area contributed by atoms with Crippen molar-refractivity contribution >= 4 is 11.6 Å². The van der Waals surface area contributed by atoms with Crippen molar-refractivity contribution < 1.29 is 4.74 Å². The largest absolute Gasteiger partial charge is 0.496 e. The van der Waals surface area contributed by atoms with E-state index in [0.29, 0.717) is 0 Å². The lowest BCUT2D eigenvalue weighted by molar-refractivity contribution is 0.390. The average molecular weight is 228 g/mol. The van der Waals surface area contributed by atoms with Crippen molar-refractivity contribution in [1.29, 1.82) is 0 Å². The Morgan fingerprint density at radius 3 is 2.53 bits per heavy atom. The number of ether oxygens (including phenoxy) is 1. The van der Waals surface area contributed by atoms with Crippen LogP contribution in [0, 0.1) is 6.92 Å². The van der Waals surface area contributed by atoms with E-state index in [9.17, 15) is 0 Å². The Kier molecular flexibility index (Phi) is 4.43. The molecule has 2 nitrogen and oxygen atoms in total. The van der Waals surface area contributed by atoms with Crippen LogP contribution in [0.1, 0.15) is 11.1 Å². The van der Waals surface area contributed by atoms with Crippen molar-refractivity contribution in [3.8, 4) is 5.75 Å². The third-order valence-electron chi connectivity index (χ3n) is 2.35. The van der Waals surface area contributed by atoms with Crippen LogP contribution >= 0.6 is 11.6 Å². The minimum Gasteiger partial charge on any atom is -0.496 e. The Morgan fingerprint density at radius 1 is 1.33 bits per heavy atom. The van der Waals surface area contributed by atoms with Crippen molar-refractivity contribution in [3.05, 3.63) is 28.3 Å². The van der Waals surface area contributed by atoms with E-state index in [1.807, 2.05) is 19.1 Å². The number of rotatable bonds is 4. The van der Waals surface area contributed by atoms with E-state index in [-0.39, 0.29) is 0 Å². The topological polar surface area (TPSA) is 12.5 Å². The summed E-state index contributed by atoms with van der Waals surface area (Å²) in [5.74, 6) is 0.959. The Balaban J connectivity index is 2.93. The number of likely N-dealkylation sites (N-methyl/N-ethyl adjacent to an activating group) is 1. The maximum absolute atomic E-state index is 6.03. The van der Waals surface area contributed by atoms with Crippen LogP contribution in [0.2, 0.25) is 5.02 Å². The molecule has 0 amide bonds. The summed E-state index contributed by atoms with van der Waals surface area (Å²) in [4.78, 5) is 2.15. The van der Waals surface area contributed by atoms with Gasteiger partial charge in [0.1, 0.15) is 5.75 Å². The first-order valence-corrected chi connectivity index (χ1v) is 5.40. The molecule has 15 heavy (non-hydrogen) atoms. The van der Waals surface area contributed by atoms with E-state index in [1.165, 1.54) is 5.56 Å². The number of hydrogen-bond acceptors (Lipinski definition) is 2. The number of halogens is 1. The summed E-state index contributed by atoms with van der Waals surface area (Å²) in [6, 6.07) is 3.91. The van der Waals surface area contributed by atoms with E-state index >= 15 is 0 Å². The standard InChI is InChI=1S/C12H18ClNO/c1-9-7-11(13)8-10(12(9)15-4)5-6-14(2)3/h7-8H,5-6H2,1-4H3. The van der Waals surface area contributed by atoms with Gasteiger partial charge in [-0.05, 0) is 50.7 Å². The van der Waals surface area contributed by atoms with Gasteiger partial charge in [-0.25, -0.2) is 0 Å². The van der Waals surface area contributed by atoms with E-state index in [0.717, 1.165) is 29.3 Å². The van der Waals surface area contributed by atoms with E-state index in [1.54, 1.807) is 7.11 Å². The van der Waals surface area contributed by atoms with Gasteiger partial charge in [0, 0.05) is 11.6 Å². The molecule has 0 bridgehead atoms. The molecule has 0 atom stereocenters. The lowest BCUT2D eigenvalue weighted by atomic mass is 10.1. The lowest BCUT2D eigenvalue weighted by Gasteiger charge is -2.14. The summed E-state index contributed by atoms with van der Waals surface area (Å²) in [6.45, 7) is 3.01. The monoisotopic (exact) mass is 227 g/mol. The van der Waals surface area contributed by atoms with Gasteiger partial charge in [-0.15, -0.1) is 0 Å². The maximum atomic E-state index is 6.03. The van der Waals surface area contributed by atoms with Gasteiger partial charge in [-0.3, -0.25) is 0 Å². The Morgan fingerprint density at radius 2 is 2.00 bits per heavy atom. The molecular formula is C12H18ClNO. The predicted octanol–water partition coefficient (Wildman–Crippen LogP) is 2.76. The first-order valence-electron chi connectivity index (χ1n) is 5.02. The molecule has 0 unspecified atom stereocenters. The smallest absolute Gasteiger partial charge is 0.125 e. The number of benzene rings is 1. The Labute approximate surface area is 96.8 Å². The molecule has 0 aliphatic heterocycles. The Bertz CT molecular complexity index is 337. The van der Waals surface area contributed by atoms with Gasteiger partial charge in [0.15, 0.2) is 0 Å². The molecule has 3 heteroatoms. The molecule has 0 heterocycles. The van der Waals surface area contributed by atoms with Crippen molar-refractivity contribution in [2.45, 2.75) is 13.3 Å². The van der Waals surface area contributed by atoms with Gasteiger partial charge in [0.25, 0.3) is 0 Å². The Hall–Kier alpha value is -0.730. The predicted molar refractivity (Wildman–Crippen MR) is 65.0 cm³/mol. The molecule has 0 spiro atoms. The van der Waals surface area contributed by atoms with Crippen LogP contribution in [0.4, 0.5) is 0 Å². The summed E-state index contributed by atoms with van der Waals surface area (Å²) >= 11 is 6.03. The summed E-state index contributed by atoms with van der Waals surface area (Å²) in [5, 5.41) is 0.780. The van der Waals surface area contributed by atoms with E-state index < -0.39 is 0 Å². The molecule has 84 valence electrons. The molecule has 0 aromatic heterocycles. The zero-order valence-corrected chi connectivity index (χ0v) is 10.6. The van der Waals surface area contributed by atoms with E-state index in [2.05, 4.69) is 19.0 Å².